The van der Waals surface area contributed by atoms with Gasteiger partial charge in [-0.25, -0.2) is 8.78 Å². The van der Waals surface area contributed by atoms with E-state index >= 15 is 0 Å². The second-order valence-corrected chi connectivity index (χ2v) is 7.04. The zero-order chi connectivity index (χ0) is 24.3. The first-order chi connectivity index (χ1) is 15.3. The van der Waals surface area contributed by atoms with E-state index in [-0.39, 0.29) is 11.5 Å². The number of ether oxygens (including phenoxy) is 2. The lowest BCUT2D eigenvalue weighted by molar-refractivity contribution is -0.135. The Hall–Kier alpha value is -2.99. The van der Waals surface area contributed by atoms with E-state index in [1.54, 1.807) is 30.2 Å². The Labute approximate surface area is 190 Å². The van der Waals surface area contributed by atoms with Crippen LogP contribution in [0.15, 0.2) is 61.7 Å². The number of benzene rings is 2. The molecule has 0 spiro atoms. The van der Waals surface area contributed by atoms with Gasteiger partial charge in [0, 0.05) is 31.9 Å². The number of hydrogen-bond acceptors (Lipinski definition) is 3. The van der Waals surface area contributed by atoms with Gasteiger partial charge in [0.15, 0.2) is 0 Å². The van der Waals surface area contributed by atoms with Crippen LogP contribution < -0.4 is 9.64 Å². The predicted octanol–water partition coefficient (Wildman–Crippen LogP) is 6.34. The van der Waals surface area contributed by atoms with Crippen LogP contribution in [0.25, 0.3) is 0 Å². The summed E-state index contributed by atoms with van der Waals surface area (Å²) in [5.74, 6) is -1.37. The molecule has 1 amide bonds. The van der Waals surface area contributed by atoms with E-state index in [2.05, 4.69) is 13.2 Å². The molecule has 174 valence electrons. The first-order valence-electron chi connectivity index (χ1n) is 10.6. The second kappa shape index (κ2) is 12.8. The number of allylic oxidation sites excluding steroid dienone is 2. The van der Waals surface area contributed by atoms with Crippen LogP contribution in [-0.4, -0.2) is 26.2 Å². The van der Waals surface area contributed by atoms with Crippen molar-refractivity contribution in [2.75, 3.05) is 25.2 Å². The SMILES string of the molecule is C=CC=C.CC.COCCCN1C(=O)C(C)(c2cc(F)cc(F)c2)Oc2ccc(C)cc21. The van der Waals surface area contributed by atoms with Crippen LogP contribution in [0, 0.1) is 18.6 Å². The third kappa shape index (κ3) is 6.50. The Morgan fingerprint density at radius 1 is 1.09 bits per heavy atom. The first kappa shape index (κ1) is 27.0. The number of hydrogen-bond donors (Lipinski definition) is 0. The Morgan fingerprint density at radius 2 is 1.69 bits per heavy atom. The fraction of sp³-hybridized carbons (Fsp3) is 0.346. The molecule has 4 nitrogen and oxygen atoms in total. The standard InChI is InChI=1S/C20H21F2NO3.C4H6.C2H6/c1-13-5-6-18-17(9-13)23(7-4-8-25-3)19(24)20(2,26-18)14-10-15(21)12-16(22)11-14;1-3-4-2;1-2/h5-6,9-12H,4,7-8H2,1-3H3;3-4H,1-2H2;1-2H3. The number of amides is 1. The highest BCUT2D eigenvalue weighted by atomic mass is 19.1. The summed E-state index contributed by atoms with van der Waals surface area (Å²) in [6.45, 7) is 15.1. The molecule has 0 saturated carbocycles. The molecule has 3 rings (SSSR count). The van der Waals surface area contributed by atoms with Gasteiger partial charge in [-0.05, 0) is 50.1 Å². The van der Waals surface area contributed by atoms with Gasteiger partial charge in [0.05, 0.1) is 5.69 Å². The van der Waals surface area contributed by atoms with E-state index in [0.29, 0.717) is 31.0 Å². The molecule has 0 aromatic heterocycles. The largest absolute Gasteiger partial charge is 0.471 e. The molecule has 0 saturated heterocycles. The third-order valence-electron chi connectivity index (χ3n) is 4.68. The minimum absolute atomic E-state index is 0.142. The molecule has 1 unspecified atom stereocenters. The number of halogens is 2. The summed E-state index contributed by atoms with van der Waals surface area (Å²) in [6.07, 6.45) is 3.91. The maximum absolute atomic E-state index is 13.7. The minimum Gasteiger partial charge on any atom is -0.471 e. The van der Waals surface area contributed by atoms with Crippen LogP contribution >= 0.6 is 0 Å². The zero-order valence-electron chi connectivity index (χ0n) is 19.6. The van der Waals surface area contributed by atoms with Crippen LogP contribution in [0.3, 0.4) is 0 Å². The number of methoxy groups -OCH3 is 1. The number of carbonyl (C=O) groups is 1. The zero-order valence-corrected chi connectivity index (χ0v) is 19.6. The molecule has 0 bridgehead atoms. The van der Waals surface area contributed by atoms with Crippen LogP contribution in [-0.2, 0) is 15.1 Å². The molecule has 0 aliphatic carbocycles. The van der Waals surface area contributed by atoms with E-state index < -0.39 is 17.2 Å². The fourth-order valence-corrected chi connectivity index (χ4v) is 3.16. The Morgan fingerprint density at radius 3 is 2.22 bits per heavy atom. The average Bonchev–Trinajstić information content (AvgIpc) is 2.78. The van der Waals surface area contributed by atoms with Crippen molar-refractivity contribution in [3.8, 4) is 5.75 Å². The molecule has 1 aliphatic rings. The molecule has 1 atom stereocenters. The second-order valence-electron chi connectivity index (χ2n) is 7.04. The Balaban J connectivity index is 0.000000769. The normalized spacial score (nSPS) is 16.5. The lowest BCUT2D eigenvalue weighted by Crippen LogP contribution is -2.52. The molecule has 0 radical (unpaired) electrons. The predicted molar refractivity (Wildman–Crippen MR) is 126 cm³/mol. The molecule has 0 N–H and O–H groups in total. The number of aryl methyl sites for hydroxylation is 1. The van der Waals surface area contributed by atoms with Crippen molar-refractivity contribution in [2.24, 2.45) is 0 Å². The molecule has 2 aromatic carbocycles. The first-order valence-corrected chi connectivity index (χ1v) is 10.6. The fourth-order valence-electron chi connectivity index (χ4n) is 3.16. The summed E-state index contributed by atoms with van der Waals surface area (Å²) in [5, 5.41) is 0. The molecule has 1 heterocycles. The number of carbonyl (C=O) groups excluding carboxylic acids is 1. The summed E-state index contributed by atoms with van der Waals surface area (Å²) in [5.41, 5.74) is 0.263. The minimum atomic E-state index is -1.52. The van der Waals surface area contributed by atoms with Gasteiger partial charge in [-0.3, -0.25) is 4.79 Å². The van der Waals surface area contributed by atoms with Gasteiger partial charge in [-0.2, -0.15) is 0 Å². The Bertz CT molecular complexity index is 903. The highest BCUT2D eigenvalue weighted by Gasteiger charge is 2.46. The topological polar surface area (TPSA) is 38.8 Å². The van der Waals surface area contributed by atoms with Crippen molar-refractivity contribution < 1.29 is 23.0 Å². The molecule has 32 heavy (non-hydrogen) atoms. The summed E-state index contributed by atoms with van der Waals surface area (Å²) in [6, 6.07) is 8.55. The van der Waals surface area contributed by atoms with E-state index in [4.69, 9.17) is 9.47 Å². The van der Waals surface area contributed by atoms with Crippen molar-refractivity contribution in [3.05, 3.63) is 84.5 Å². The summed E-state index contributed by atoms with van der Waals surface area (Å²) < 4.78 is 38.5. The molecule has 2 aromatic rings. The van der Waals surface area contributed by atoms with E-state index in [1.165, 1.54) is 6.92 Å². The molecule has 1 aliphatic heterocycles. The van der Waals surface area contributed by atoms with Crippen LogP contribution in [0.4, 0.5) is 14.5 Å². The lowest BCUT2D eigenvalue weighted by atomic mass is 9.91. The van der Waals surface area contributed by atoms with Gasteiger partial charge in [0.1, 0.15) is 17.4 Å². The molecular formula is C26H33F2NO3. The van der Waals surface area contributed by atoms with Gasteiger partial charge in [0.25, 0.3) is 5.91 Å². The van der Waals surface area contributed by atoms with Crippen molar-refractivity contribution in [1.29, 1.82) is 0 Å². The van der Waals surface area contributed by atoms with Gasteiger partial charge in [-0.15, -0.1) is 0 Å². The van der Waals surface area contributed by atoms with E-state index in [9.17, 15) is 13.6 Å². The summed E-state index contributed by atoms with van der Waals surface area (Å²) in [4.78, 5) is 14.9. The van der Waals surface area contributed by atoms with Crippen molar-refractivity contribution in [3.63, 3.8) is 0 Å². The highest BCUT2D eigenvalue weighted by molar-refractivity contribution is 6.03. The average molecular weight is 446 g/mol. The monoisotopic (exact) mass is 445 g/mol. The summed E-state index contributed by atoms with van der Waals surface area (Å²) >= 11 is 0. The highest BCUT2D eigenvalue weighted by Crippen LogP contribution is 2.42. The van der Waals surface area contributed by atoms with Crippen LogP contribution in [0.2, 0.25) is 0 Å². The van der Waals surface area contributed by atoms with Gasteiger partial charge >= 0.3 is 0 Å². The van der Waals surface area contributed by atoms with Gasteiger partial charge < -0.3 is 14.4 Å². The van der Waals surface area contributed by atoms with Crippen LogP contribution in [0.5, 0.6) is 5.75 Å². The van der Waals surface area contributed by atoms with Crippen molar-refractivity contribution in [1.82, 2.24) is 0 Å². The van der Waals surface area contributed by atoms with Crippen molar-refractivity contribution in [2.45, 2.75) is 39.7 Å². The van der Waals surface area contributed by atoms with Gasteiger partial charge in [-0.1, -0.05) is 45.2 Å². The van der Waals surface area contributed by atoms with Gasteiger partial charge in [0.2, 0.25) is 5.60 Å². The quantitative estimate of drug-likeness (QED) is 0.385. The smallest absolute Gasteiger partial charge is 0.275 e. The molecule has 6 heteroatoms. The maximum Gasteiger partial charge on any atom is 0.275 e. The summed E-state index contributed by atoms with van der Waals surface area (Å²) in [7, 11) is 1.60. The number of anilines is 1. The third-order valence-corrected chi connectivity index (χ3v) is 4.68. The van der Waals surface area contributed by atoms with Crippen LogP contribution in [0.1, 0.15) is 38.3 Å². The van der Waals surface area contributed by atoms with Crippen molar-refractivity contribution >= 4 is 11.6 Å². The Kier molecular flexibility index (Phi) is 10.8. The lowest BCUT2D eigenvalue weighted by Gasteiger charge is -2.41. The number of fused-ring (bicyclic) bond motifs is 1. The number of nitrogens with zero attached hydrogens (tertiary/aromatic N) is 1. The van der Waals surface area contributed by atoms with E-state index in [1.807, 2.05) is 32.9 Å². The maximum atomic E-state index is 13.7. The number of rotatable bonds is 6. The van der Waals surface area contributed by atoms with E-state index in [0.717, 1.165) is 23.8 Å². The molecular weight excluding hydrogens is 412 g/mol. The molecule has 0 fully saturated rings.